The molecule has 0 aromatic rings. The van der Waals surface area contributed by atoms with Gasteiger partial charge in [-0.3, -0.25) is 9.59 Å². The molecule has 7 unspecified atom stereocenters. The van der Waals surface area contributed by atoms with E-state index < -0.39 is 0 Å². The van der Waals surface area contributed by atoms with Crippen molar-refractivity contribution in [2.45, 2.75) is 126 Å². The summed E-state index contributed by atoms with van der Waals surface area (Å²) in [5.41, 5.74) is 0.885. The number of ether oxygens (including phenoxy) is 1. The molecule has 7 atom stereocenters. The molecule has 3 heteroatoms. The smallest absolute Gasteiger partial charge is 0.305 e. The Bertz CT molecular complexity index is 642. The molecule has 32 heavy (non-hydrogen) atoms. The summed E-state index contributed by atoms with van der Waals surface area (Å²) in [6.45, 7) is 15.5. The lowest BCUT2D eigenvalue weighted by Gasteiger charge is -2.63. The van der Waals surface area contributed by atoms with Crippen molar-refractivity contribution in [2.24, 2.45) is 39.9 Å². The van der Waals surface area contributed by atoms with Crippen molar-refractivity contribution >= 4 is 11.8 Å². The maximum absolute atomic E-state index is 13.5. The maximum atomic E-state index is 13.5. The first kappa shape index (κ1) is 27.4. The number of ketones is 1. The van der Waals surface area contributed by atoms with E-state index in [1.54, 1.807) is 0 Å². The van der Waals surface area contributed by atoms with Crippen LogP contribution in [0.1, 0.15) is 126 Å². The Hall–Kier alpha value is -0.860. The van der Waals surface area contributed by atoms with Crippen LogP contribution >= 0.6 is 0 Å². The molecule has 0 N–H and O–H groups in total. The van der Waals surface area contributed by atoms with Gasteiger partial charge in [-0.1, -0.05) is 61.3 Å². The normalized spacial score (nSPS) is 42.2. The number of hydrogen-bond acceptors (Lipinski definition) is 3. The summed E-state index contributed by atoms with van der Waals surface area (Å²) in [7, 11) is 1.48. The summed E-state index contributed by atoms with van der Waals surface area (Å²) in [5.74, 6) is 2.66. The average molecular weight is 449 g/mol. The van der Waals surface area contributed by atoms with Crippen LogP contribution in [-0.2, 0) is 14.3 Å². The molecule has 4 aliphatic rings. The van der Waals surface area contributed by atoms with Crippen molar-refractivity contribution in [2.75, 3.05) is 7.11 Å². The van der Waals surface area contributed by atoms with Gasteiger partial charge < -0.3 is 4.74 Å². The van der Waals surface area contributed by atoms with E-state index in [1.807, 2.05) is 27.7 Å². The number of Topliss-reactive ketones (excluding diaryl/α,β-unsaturated/α-hetero) is 1. The van der Waals surface area contributed by atoms with Gasteiger partial charge in [-0.05, 0) is 85.4 Å². The first-order chi connectivity index (χ1) is 15.2. The molecule has 0 aromatic heterocycles. The van der Waals surface area contributed by atoms with Crippen molar-refractivity contribution < 1.29 is 14.3 Å². The standard InChI is InChI=1S/C25H40O3.2C2H6/c1-23-13-5-6-14-25(23,3)19-12-15-24(2)17(8-7-9-21(27)28-4)10-11-18(24)22(19)20(26)16-23;2*1-2/h17-19,22H,5-16H2,1-4H3;2*1-2H3. The Morgan fingerprint density at radius 1 is 0.938 bits per heavy atom. The Balaban J connectivity index is 0.000000860. The average Bonchev–Trinajstić information content (AvgIpc) is 3.13. The molecule has 4 rings (SSSR count). The summed E-state index contributed by atoms with van der Waals surface area (Å²) >= 11 is 0. The number of methoxy groups -OCH3 is 1. The molecule has 3 nitrogen and oxygen atoms in total. The highest BCUT2D eigenvalue weighted by Crippen LogP contribution is 2.70. The Morgan fingerprint density at radius 3 is 2.25 bits per heavy atom. The van der Waals surface area contributed by atoms with E-state index in [9.17, 15) is 9.59 Å². The largest absolute Gasteiger partial charge is 0.469 e. The van der Waals surface area contributed by atoms with Gasteiger partial charge in [-0.15, -0.1) is 0 Å². The zero-order valence-corrected chi connectivity index (χ0v) is 22.5. The van der Waals surface area contributed by atoms with E-state index in [2.05, 4.69) is 20.8 Å². The lowest BCUT2D eigenvalue weighted by molar-refractivity contribution is -0.172. The minimum Gasteiger partial charge on any atom is -0.469 e. The van der Waals surface area contributed by atoms with E-state index >= 15 is 0 Å². The van der Waals surface area contributed by atoms with Gasteiger partial charge in [-0.2, -0.15) is 0 Å². The van der Waals surface area contributed by atoms with E-state index in [0.717, 1.165) is 19.3 Å². The number of carbonyl (C=O) groups is 2. The van der Waals surface area contributed by atoms with E-state index in [-0.39, 0.29) is 11.4 Å². The van der Waals surface area contributed by atoms with E-state index in [4.69, 9.17) is 4.74 Å². The molecule has 0 amide bonds. The summed E-state index contributed by atoms with van der Waals surface area (Å²) in [6, 6.07) is 0. The Labute approximate surface area is 198 Å². The van der Waals surface area contributed by atoms with Crippen LogP contribution in [0.25, 0.3) is 0 Å². The predicted molar refractivity (Wildman–Crippen MR) is 133 cm³/mol. The molecule has 0 bridgehead atoms. The van der Waals surface area contributed by atoms with Crippen LogP contribution in [-0.4, -0.2) is 18.9 Å². The first-order valence-electron chi connectivity index (χ1n) is 13.8. The topological polar surface area (TPSA) is 43.4 Å². The Kier molecular flexibility index (Phi) is 9.45. The third-order valence-electron chi connectivity index (χ3n) is 10.4. The van der Waals surface area contributed by atoms with Gasteiger partial charge >= 0.3 is 5.97 Å². The number of rotatable bonds is 4. The second kappa shape index (κ2) is 11.0. The highest BCUT2D eigenvalue weighted by Gasteiger charge is 2.64. The van der Waals surface area contributed by atoms with Gasteiger partial charge in [0.25, 0.3) is 0 Å². The molecule has 4 fully saturated rings. The minimum atomic E-state index is -0.0876. The summed E-state index contributed by atoms with van der Waals surface area (Å²) in [4.78, 5) is 25.0. The van der Waals surface area contributed by atoms with Crippen LogP contribution in [0.4, 0.5) is 0 Å². The predicted octanol–water partition coefficient (Wildman–Crippen LogP) is 8.00. The van der Waals surface area contributed by atoms with Crippen LogP contribution in [0.2, 0.25) is 0 Å². The molecule has 0 saturated heterocycles. The van der Waals surface area contributed by atoms with Gasteiger partial charge in [0.2, 0.25) is 0 Å². The quantitative estimate of drug-likeness (QED) is 0.409. The van der Waals surface area contributed by atoms with Crippen LogP contribution < -0.4 is 0 Å². The zero-order valence-electron chi connectivity index (χ0n) is 22.5. The Morgan fingerprint density at radius 2 is 1.59 bits per heavy atom. The first-order valence-corrected chi connectivity index (χ1v) is 13.8. The molecular formula is C29H52O3. The molecule has 0 heterocycles. The second-order valence-corrected chi connectivity index (χ2v) is 11.4. The molecule has 4 aliphatic carbocycles. The summed E-state index contributed by atoms with van der Waals surface area (Å²) < 4.78 is 4.82. The fraction of sp³-hybridized carbons (Fsp3) is 0.931. The third kappa shape index (κ3) is 4.56. The molecule has 4 saturated carbocycles. The van der Waals surface area contributed by atoms with Crippen LogP contribution in [0.3, 0.4) is 0 Å². The van der Waals surface area contributed by atoms with Gasteiger partial charge in [0, 0.05) is 18.8 Å². The second-order valence-electron chi connectivity index (χ2n) is 11.4. The van der Waals surface area contributed by atoms with E-state index in [1.165, 1.54) is 58.5 Å². The highest BCUT2D eigenvalue weighted by atomic mass is 16.5. The summed E-state index contributed by atoms with van der Waals surface area (Å²) in [6.07, 6.45) is 13.6. The number of hydrogen-bond donors (Lipinski definition) is 0. The van der Waals surface area contributed by atoms with Crippen LogP contribution in [0.15, 0.2) is 0 Å². The SMILES string of the molecule is CC.CC.COC(=O)CCCC1CCC2C3C(=O)CC4(C)CCCCC4(C)C3CCC12C. The highest BCUT2D eigenvalue weighted by molar-refractivity contribution is 5.84. The lowest BCUT2D eigenvalue weighted by Crippen LogP contribution is -2.60. The van der Waals surface area contributed by atoms with Crippen molar-refractivity contribution in [3.8, 4) is 0 Å². The maximum Gasteiger partial charge on any atom is 0.305 e. The van der Waals surface area contributed by atoms with E-state index in [0.29, 0.717) is 46.7 Å². The summed E-state index contributed by atoms with van der Waals surface area (Å²) in [5, 5.41) is 0. The number of carbonyl (C=O) groups excluding carboxylic acids is 2. The van der Waals surface area contributed by atoms with Crippen molar-refractivity contribution in [1.82, 2.24) is 0 Å². The van der Waals surface area contributed by atoms with Crippen molar-refractivity contribution in [3.05, 3.63) is 0 Å². The van der Waals surface area contributed by atoms with Gasteiger partial charge in [0.15, 0.2) is 0 Å². The van der Waals surface area contributed by atoms with Crippen molar-refractivity contribution in [3.63, 3.8) is 0 Å². The fourth-order valence-corrected chi connectivity index (χ4v) is 8.50. The number of fused-ring (bicyclic) bond motifs is 5. The molecule has 186 valence electrons. The molecule has 0 radical (unpaired) electrons. The van der Waals surface area contributed by atoms with Gasteiger partial charge in [-0.25, -0.2) is 0 Å². The molecular weight excluding hydrogens is 396 g/mol. The molecule has 0 spiro atoms. The monoisotopic (exact) mass is 448 g/mol. The van der Waals surface area contributed by atoms with Crippen LogP contribution in [0, 0.1) is 39.9 Å². The number of esters is 1. The zero-order chi connectivity index (χ0) is 24.2. The fourth-order valence-electron chi connectivity index (χ4n) is 8.50. The minimum absolute atomic E-state index is 0.0876. The van der Waals surface area contributed by atoms with Crippen LogP contribution in [0.5, 0.6) is 0 Å². The lowest BCUT2D eigenvalue weighted by atomic mass is 9.40. The third-order valence-corrected chi connectivity index (χ3v) is 10.4. The molecule has 0 aromatic carbocycles. The van der Waals surface area contributed by atoms with Crippen molar-refractivity contribution in [1.29, 1.82) is 0 Å². The van der Waals surface area contributed by atoms with Gasteiger partial charge in [0.05, 0.1) is 7.11 Å². The molecule has 0 aliphatic heterocycles. The van der Waals surface area contributed by atoms with Gasteiger partial charge in [0.1, 0.15) is 5.78 Å².